The summed E-state index contributed by atoms with van der Waals surface area (Å²) in [5.41, 5.74) is 0.613. The van der Waals surface area contributed by atoms with E-state index in [2.05, 4.69) is 6.92 Å². The van der Waals surface area contributed by atoms with Crippen molar-refractivity contribution < 1.29 is 9.90 Å². The number of carboxylic acid groups (broad SMARTS) is 1. The summed E-state index contributed by atoms with van der Waals surface area (Å²) in [5, 5.41) is 8.80. The fraction of sp³-hybridized carbons (Fsp3) is 0.929. The lowest BCUT2D eigenvalue weighted by molar-refractivity contribution is -0.138. The third kappa shape index (κ3) is 2.78. The monoisotopic (exact) mass is 224 g/mol. The molecule has 2 nitrogen and oxygen atoms in total. The van der Waals surface area contributed by atoms with Crippen LogP contribution in [0.2, 0.25) is 0 Å². The Morgan fingerprint density at radius 2 is 1.62 bits per heavy atom. The zero-order valence-electron chi connectivity index (χ0n) is 10.4. The molecule has 1 spiro atoms. The number of aliphatic carboxylic acids is 1. The number of rotatable bonds is 2. The standard InChI is InChI=1S/C14H24O2/c1-11-2-6-14(7-3-11)8-4-12(5-9-14)10-13(15)16/h11-12H,2-10H2,1H3,(H,15,16). The van der Waals surface area contributed by atoms with Crippen molar-refractivity contribution in [2.24, 2.45) is 17.3 Å². The minimum Gasteiger partial charge on any atom is -0.481 e. The molecular formula is C14H24O2. The number of hydrogen-bond acceptors (Lipinski definition) is 1. The molecule has 2 aliphatic rings. The Bertz CT molecular complexity index is 241. The molecule has 2 aliphatic carbocycles. The Morgan fingerprint density at radius 1 is 1.12 bits per heavy atom. The summed E-state index contributed by atoms with van der Waals surface area (Å²) in [6, 6.07) is 0. The molecule has 1 N–H and O–H groups in total. The summed E-state index contributed by atoms with van der Waals surface area (Å²) < 4.78 is 0. The minimum absolute atomic E-state index is 0.395. The van der Waals surface area contributed by atoms with Gasteiger partial charge in [-0.2, -0.15) is 0 Å². The molecule has 0 bridgehead atoms. The second kappa shape index (κ2) is 4.77. The maximum atomic E-state index is 10.7. The molecule has 2 saturated carbocycles. The molecule has 0 atom stereocenters. The van der Waals surface area contributed by atoms with E-state index in [0.717, 1.165) is 18.8 Å². The third-order valence-electron chi connectivity index (χ3n) is 4.96. The van der Waals surface area contributed by atoms with Crippen LogP contribution in [0.3, 0.4) is 0 Å². The van der Waals surface area contributed by atoms with Crippen molar-refractivity contribution >= 4 is 5.97 Å². The van der Waals surface area contributed by atoms with E-state index in [4.69, 9.17) is 5.11 Å². The molecular weight excluding hydrogens is 200 g/mol. The van der Waals surface area contributed by atoms with Crippen LogP contribution >= 0.6 is 0 Å². The Labute approximate surface area is 98.4 Å². The van der Waals surface area contributed by atoms with E-state index in [1.807, 2.05) is 0 Å². The van der Waals surface area contributed by atoms with Gasteiger partial charge in [-0.1, -0.05) is 19.8 Å². The van der Waals surface area contributed by atoms with E-state index >= 15 is 0 Å². The molecule has 0 radical (unpaired) electrons. The van der Waals surface area contributed by atoms with Gasteiger partial charge in [-0.05, 0) is 55.8 Å². The summed E-state index contributed by atoms with van der Waals surface area (Å²) in [7, 11) is 0. The maximum absolute atomic E-state index is 10.7. The molecule has 0 aliphatic heterocycles. The molecule has 2 rings (SSSR count). The Hall–Kier alpha value is -0.530. The van der Waals surface area contributed by atoms with Crippen LogP contribution in [0, 0.1) is 17.3 Å². The maximum Gasteiger partial charge on any atom is 0.303 e. The van der Waals surface area contributed by atoms with Gasteiger partial charge in [-0.25, -0.2) is 0 Å². The summed E-state index contributed by atoms with van der Waals surface area (Å²) in [6.45, 7) is 2.36. The van der Waals surface area contributed by atoms with E-state index in [-0.39, 0.29) is 0 Å². The molecule has 0 unspecified atom stereocenters. The predicted molar refractivity (Wildman–Crippen MR) is 64.3 cm³/mol. The fourth-order valence-corrected chi connectivity index (χ4v) is 3.62. The molecule has 0 heterocycles. The van der Waals surface area contributed by atoms with Gasteiger partial charge >= 0.3 is 5.97 Å². The van der Waals surface area contributed by atoms with Gasteiger partial charge in [0, 0.05) is 6.42 Å². The SMILES string of the molecule is CC1CCC2(CC1)CCC(CC(=O)O)CC2. The largest absolute Gasteiger partial charge is 0.481 e. The second-order valence-electron chi connectivity index (χ2n) is 6.22. The molecule has 16 heavy (non-hydrogen) atoms. The normalized spacial score (nSPS) is 39.8. The lowest BCUT2D eigenvalue weighted by atomic mass is 9.61. The molecule has 0 aromatic heterocycles. The van der Waals surface area contributed by atoms with Gasteiger partial charge in [0.1, 0.15) is 0 Å². The third-order valence-corrected chi connectivity index (χ3v) is 4.96. The summed E-state index contributed by atoms with van der Waals surface area (Å²) in [6.07, 6.45) is 10.9. The Morgan fingerprint density at radius 3 is 2.12 bits per heavy atom. The van der Waals surface area contributed by atoms with Crippen LogP contribution in [-0.2, 0) is 4.79 Å². The first-order valence-electron chi connectivity index (χ1n) is 6.81. The van der Waals surface area contributed by atoms with E-state index in [1.165, 1.54) is 38.5 Å². The van der Waals surface area contributed by atoms with Crippen LogP contribution in [0.15, 0.2) is 0 Å². The summed E-state index contributed by atoms with van der Waals surface area (Å²) in [4.78, 5) is 10.7. The van der Waals surface area contributed by atoms with E-state index in [0.29, 0.717) is 17.8 Å². The minimum atomic E-state index is -0.613. The molecule has 0 aromatic carbocycles. The van der Waals surface area contributed by atoms with Crippen molar-refractivity contribution in [2.45, 2.75) is 64.7 Å². The smallest absolute Gasteiger partial charge is 0.303 e. The van der Waals surface area contributed by atoms with Crippen LogP contribution in [0.5, 0.6) is 0 Å². The van der Waals surface area contributed by atoms with Gasteiger partial charge in [0.25, 0.3) is 0 Å². The first-order valence-corrected chi connectivity index (χ1v) is 6.81. The van der Waals surface area contributed by atoms with Crippen molar-refractivity contribution in [1.82, 2.24) is 0 Å². The van der Waals surface area contributed by atoms with E-state index in [9.17, 15) is 4.79 Å². The van der Waals surface area contributed by atoms with Crippen LogP contribution in [0.1, 0.15) is 64.7 Å². The summed E-state index contributed by atoms with van der Waals surface area (Å²) in [5.74, 6) is 0.767. The van der Waals surface area contributed by atoms with Gasteiger partial charge in [0.05, 0.1) is 0 Å². The highest BCUT2D eigenvalue weighted by Crippen LogP contribution is 2.50. The first kappa shape index (κ1) is 11.9. The zero-order chi connectivity index (χ0) is 11.6. The van der Waals surface area contributed by atoms with Crippen LogP contribution in [0.25, 0.3) is 0 Å². The van der Waals surface area contributed by atoms with Crippen LogP contribution in [-0.4, -0.2) is 11.1 Å². The second-order valence-corrected chi connectivity index (χ2v) is 6.22. The number of hydrogen-bond donors (Lipinski definition) is 1. The average molecular weight is 224 g/mol. The topological polar surface area (TPSA) is 37.3 Å². The quantitative estimate of drug-likeness (QED) is 0.773. The van der Waals surface area contributed by atoms with Gasteiger partial charge < -0.3 is 5.11 Å². The molecule has 0 saturated heterocycles. The average Bonchev–Trinajstić information content (AvgIpc) is 2.26. The Kier molecular flexibility index (Phi) is 3.56. The van der Waals surface area contributed by atoms with E-state index < -0.39 is 5.97 Å². The van der Waals surface area contributed by atoms with Gasteiger partial charge in [0.2, 0.25) is 0 Å². The summed E-state index contributed by atoms with van der Waals surface area (Å²) >= 11 is 0. The van der Waals surface area contributed by atoms with Crippen molar-refractivity contribution in [1.29, 1.82) is 0 Å². The number of carbonyl (C=O) groups is 1. The van der Waals surface area contributed by atoms with E-state index in [1.54, 1.807) is 0 Å². The van der Waals surface area contributed by atoms with Crippen LogP contribution < -0.4 is 0 Å². The molecule has 2 fully saturated rings. The van der Waals surface area contributed by atoms with Gasteiger partial charge in [0.15, 0.2) is 0 Å². The van der Waals surface area contributed by atoms with Crippen molar-refractivity contribution in [3.8, 4) is 0 Å². The highest BCUT2D eigenvalue weighted by molar-refractivity contribution is 5.67. The molecule has 0 aromatic rings. The van der Waals surface area contributed by atoms with Gasteiger partial charge in [-0.15, -0.1) is 0 Å². The molecule has 92 valence electrons. The molecule has 2 heteroatoms. The van der Waals surface area contributed by atoms with Crippen molar-refractivity contribution in [2.75, 3.05) is 0 Å². The predicted octanol–water partition coefficient (Wildman–Crippen LogP) is 3.85. The Balaban J connectivity index is 1.82. The highest BCUT2D eigenvalue weighted by atomic mass is 16.4. The van der Waals surface area contributed by atoms with Gasteiger partial charge in [-0.3, -0.25) is 4.79 Å². The molecule has 0 amide bonds. The number of carboxylic acids is 1. The fourth-order valence-electron chi connectivity index (χ4n) is 3.62. The zero-order valence-corrected chi connectivity index (χ0v) is 10.4. The lowest BCUT2D eigenvalue weighted by Crippen LogP contribution is -2.32. The lowest BCUT2D eigenvalue weighted by Gasteiger charge is -2.44. The van der Waals surface area contributed by atoms with Crippen molar-refractivity contribution in [3.05, 3.63) is 0 Å². The highest BCUT2D eigenvalue weighted by Gasteiger charge is 2.37. The van der Waals surface area contributed by atoms with Crippen molar-refractivity contribution in [3.63, 3.8) is 0 Å². The first-order chi connectivity index (χ1) is 7.60. The van der Waals surface area contributed by atoms with Crippen LogP contribution in [0.4, 0.5) is 0 Å².